The van der Waals surface area contributed by atoms with Crippen molar-refractivity contribution in [3.8, 4) is 5.75 Å². The molecule has 0 aromatic heterocycles. The van der Waals surface area contributed by atoms with Gasteiger partial charge in [0, 0.05) is 18.7 Å². The summed E-state index contributed by atoms with van der Waals surface area (Å²) >= 11 is 0. The monoisotopic (exact) mass is 307 g/mol. The van der Waals surface area contributed by atoms with Gasteiger partial charge in [-0.3, -0.25) is 9.59 Å². The van der Waals surface area contributed by atoms with E-state index in [1.165, 1.54) is 0 Å². The maximum absolute atomic E-state index is 12.0. The second-order valence-corrected chi connectivity index (χ2v) is 5.21. The summed E-state index contributed by atoms with van der Waals surface area (Å²) in [4.78, 5) is 22.4. The molecule has 1 fully saturated rings. The second-order valence-electron chi connectivity index (χ2n) is 5.21. The number of amides is 1. The van der Waals surface area contributed by atoms with Crippen LogP contribution >= 0.6 is 0 Å². The van der Waals surface area contributed by atoms with E-state index in [1.807, 2.05) is 0 Å². The lowest BCUT2D eigenvalue weighted by Crippen LogP contribution is -2.33. The minimum atomic E-state index is -0.827. The van der Waals surface area contributed by atoms with Crippen molar-refractivity contribution in [2.75, 3.05) is 18.5 Å². The van der Waals surface area contributed by atoms with E-state index in [1.54, 1.807) is 24.3 Å². The molecule has 1 amide bonds. The zero-order valence-corrected chi connectivity index (χ0v) is 12.4. The molecule has 0 radical (unpaired) electrons. The Morgan fingerprint density at radius 3 is 2.68 bits per heavy atom. The van der Waals surface area contributed by atoms with Crippen molar-refractivity contribution in [1.82, 2.24) is 0 Å². The van der Waals surface area contributed by atoms with E-state index in [0.717, 1.165) is 19.3 Å². The van der Waals surface area contributed by atoms with Crippen LogP contribution in [-0.2, 0) is 14.3 Å². The number of aliphatic carboxylic acids is 1. The molecule has 0 bridgehead atoms. The van der Waals surface area contributed by atoms with E-state index < -0.39 is 5.97 Å². The molecule has 1 aliphatic heterocycles. The quantitative estimate of drug-likeness (QED) is 0.756. The van der Waals surface area contributed by atoms with Gasteiger partial charge in [0.2, 0.25) is 0 Å². The number of carboxylic acid groups (broad SMARTS) is 1. The zero-order chi connectivity index (χ0) is 15.8. The number of carbonyl (C=O) groups is 2. The molecule has 6 nitrogen and oxygen atoms in total. The first-order valence-corrected chi connectivity index (χ1v) is 7.52. The average Bonchev–Trinajstić information content (AvgIpc) is 2.54. The first-order chi connectivity index (χ1) is 10.6. The summed E-state index contributed by atoms with van der Waals surface area (Å²) in [5.41, 5.74) is 0.692. The Labute approximate surface area is 129 Å². The number of hydrogen-bond donors (Lipinski definition) is 2. The van der Waals surface area contributed by atoms with Crippen LogP contribution in [0, 0.1) is 0 Å². The third-order valence-corrected chi connectivity index (χ3v) is 3.40. The fourth-order valence-corrected chi connectivity index (χ4v) is 2.22. The SMILES string of the molecule is O=C(O)CCCOc1ccc(NC(=O)C2CCCCO2)cc1. The Balaban J connectivity index is 1.76. The summed E-state index contributed by atoms with van der Waals surface area (Å²) in [6.07, 6.45) is 2.98. The summed E-state index contributed by atoms with van der Waals surface area (Å²) in [6, 6.07) is 7.01. The standard InChI is InChI=1S/C16H21NO5/c18-15(19)5-3-11-21-13-8-6-12(7-9-13)17-16(20)14-4-1-2-10-22-14/h6-9,14H,1-5,10-11H2,(H,17,20)(H,18,19). The van der Waals surface area contributed by atoms with Crippen molar-refractivity contribution < 1.29 is 24.2 Å². The van der Waals surface area contributed by atoms with E-state index in [-0.39, 0.29) is 18.4 Å². The summed E-state index contributed by atoms with van der Waals surface area (Å²) in [6.45, 7) is 0.995. The van der Waals surface area contributed by atoms with Crippen LogP contribution in [0.25, 0.3) is 0 Å². The number of benzene rings is 1. The Morgan fingerprint density at radius 1 is 1.27 bits per heavy atom. The highest BCUT2D eigenvalue weighted by molar-refractivity contribution is 5.94. The fourth-order valence-electron chi connectivity index (χ4n) is 2.22. The van der Waals surface area contributed by atoms with E-state index >= 15 is 0 Å². The first-order valence-electron chi connectivity index (χ1n) is 7.52. The molecule has 22 heavy (non-hydrogen) atoms. The topological polar surface area (TPSA) is 84.9 Å². The minimum Gasteiger partial charge on any atom is -0.494 e. The van der Waals surface area contributed by atoms with Gasteiger partial charge in [0.15, 0.2) is 0 Å². The van der Waals surface area contributed by atoms with Crippen molar-refractivity contribution in [1.29, 1.82) is 0 Å². The summed E-state index contributed by atoms with van der Waals surface area (Å²) in [7, 11) is 0. The van der Waals surface area contributed by atoms with E-state index in [4.69, 9.17) is 14.6 Å². The Morgan fingerprint density at radius 2 is 2.05 bits per heavy atom. The molecule has 1 atom stereocenters. The number of carbonyl (C=O) groups excluding carboxylic acids is 1. The molecule has 2 N–H and O–H groups in total. The van der Waals surface area contributed by atoms with Gasteiger partial charge in [0.25, 0.3) is 5.91 Å². The summed E-state index contributed by atoms with van der Waals surface area (Å²) in [5, 5.41) is 11.4. The molecule has 0 aliphatic carbocycles. The fraction of sp³-hybridized carbons (Fsp3) is 0.500. The third kappa shape index (κ3) is 5.37. The molecule has 1 heterocycles. The Bertz CT molecular complexity index is 494. The van der Waals surface area contributed by atoms with Gasteiger partial charge in [0.05, 0.1) is 6.61 Å². The van der Waals surface area contributed by atoms with E-state index in [0.29, 0.717) is 31.1 Å². The molecular weight excluding hydrogens is 286 g/mol. The van der Waals surface area contributed by atoms with Crippen LogP contribution in [0.3, 0.4) is 0 Å². The van der Waals surface area contributed by atoms with E-state index in [9.17, 15) is 9.59 Å². The first kappa shape index (κ1) is 16.3. The highest BCUT2D eigenvalue weighted by Gasteiger charge is 2.21. The van der Waals surface area contributed by atoms with Crippen LogP contribution in [0.2, 0.25) is 0 Å². The highest BCUT2D eigenvalue weighted by atomic mass is 16.5. The zero-order valence-electron chi connectivity index (χ0n) is 12.4. The minimum absolute atomic E-state index is 0.0928. The molecule has 1 unspecified atom stereocenters. The van der Waals surface area contributed by atoms with Crippen molar-refractivity contribution in [2.24, 2.45) is 0 Å². The van der Waals surface area contributed by atoms with Crippen LogP contribution in [0.1, 0.15) is 32.1 Å². The summed E-state index contributed by atoms with van der Waals surface area (Å²) < 4.78 is 10.9. The molecule has 1 aliphatic rings. The van der Waals surface area contributed by atoms with Crippen LogP contribution in [0.5, 0.6) is 5.75 Å². The largest absolute Gasteiger partial charge is 0.494 e. The third-order valence-electron chi connectivity index (χ3n) is 3.40. The van der Waals surface area contributed by atoms with Gasteiger partial charge >= 0.3 is 5.97 Å². The van der Waals surface area contributed by atoms with Crippen molar-refractivity contribution in [2.45, 2.75) is 38.2 Å². The van der Waals surface area contributed by atoms with Gasteiger partial charge in [-0.05, 0) is 49.9 Å². The maximum atomic E-state index is 12.0. The van der Waals surface area contributed by atoms with Crippen LogP contribution in [0.15, 0.2) is 24.3 Å². The van der Waals surface area contributed by atoms with Gasteiger partial charge in [-0.1, -0.05) is 0 Å². The van der Waals surface area contributed by atoms with Gasteiger partial charge in [-0.2, -0.15) is 0 Å². The Kier molecular flexibility index (Phi) is 6.21. The van der Waals surface area contributed by atoms with Crippen LogP contribution in [-0.4, -0.2) is 36.3 Å². The predicted molar refractivity (Wildman–Crippen MR) is 81.0 cm³/mol. The lowest BCUT2D eigenvalue weighted by atomic mass is 10.1. The number of rotatable bonds is 7. The van der Waals surface area contributed by atoms with Crippen molar-refractivity contribution in [3.05, 3.63) is 24.3 Å². The number of nitrogens with one attached hydrogen (secondary N) is 1. The lowest BCUT2D eigenvalue weighted by molar-refractivity contribution is -0.137. The normalized spacial score (nSPS) is 17.7. The molecule has 0 saturated carbocycles. The van der Waals surface area contributed by atoms with Gasteiger partial charge in [-0.25, -0.2) is 0 Å². The smallest absolute Gasteiger partial charge is 0.303 e. The second kappa shape index (κ2) is 8.38. The van der Waals surface area contributed by atoms with Crippen molar-refractivity contribution in [3.63, 3.8) is 0 Å². The van der Waals surface area contributed by atoms with Crippen LogP contribution in [0.4, 0.5) is 5.69 Å². The molecule has 2 rings (SSSR count). The Hall–Kier alpha value is -2.08. The highest BCUT2D eigenvalue weighted by Crippen LogP contribution is 2.18. The molecule has 6 heteroatoms. The predicted octanol–water partition coefficient (Wildman–Crippen LogP) is 2.44. The molecule has 120 valence electrons. The van der Waals surface area contributed by atoms with Gasteiger partial charge in [0.1, 0.15) is 11.9 Å². The van der Waals surface area contributed by atoms with Crippen LogP contribution < -0.4 is 10.1 Å². The summed E-state index contributed by atoms with van der Waals surface area (Å²) in [5.74, 6) is -0.293. The van der Waals surface area contributed by atoms with Crippen molar-refractivity contribution >= 4 is 17.6 Å². The van der Waals surface area contributed by atoms with Gasteiger partial charge < -0.3 is 19.9 Å². The lowest BCUT2D eigenvalue weighted by Gasteiger charge is -2.21. The maximum Gasteiger partial charge on any atom is 0.303 e. The van der Waals surface area contributed by atoms with E-state index in [2.05, 4.69) is 5.32 Å². The number of anilines is 1. The van der Waals surface area contributed by atoms with Gasteiger partial charge in [-0.15, -0.1) is 0 Å². The molecule has 0 spiro atoms. The molecular formula is C16H21NO5. The molecule has 1 aromatic carbocycles. The number of carboxylic acids is 1. The average molecular weight is 307 g/mol. The molecule has 1 saturated heterocycles. The number of ether oxygens (including phenoxy) is 2. The molecule has 1 aromatic rings. The number of hydrogen-bond acceptors (Lipinski definition) is 4.